The fourth-order valence-electron chi connectivity index (χ4n) is 2.14. The maximum Gasteiger partial charge on any atom is 0.315 e. The fraction of sp³-hybridized carbons (Fsp3) is 0.312. The molecule has 1 N–H and O–H groups in total. The van der Waals surface area contributed by atoms with Crippen LogP contribution >= 0.6 is 0 Å². The van der Waals surface area contributed by atoms with Gasteiger partial charge >= 0.3 is 5.97 Å². The van der Waals surface area contributed by atoms with Gasteiger partial charge in [0.15, 0.2) is 0 Å². The van der Waals surface area contributed by atoms with Crippen molar-refractivity contribution >= 4 is 5.97 Å². The van der Waals surface area contributed by atoms with Gasteiger partial charge in [-0.2, -0.15) is 0 Å². The van der Waals surface area contributed by atoms with Gasteiger partial charge in [0.2, 0.25) is 0 Å². The lowest BCUT2D eigenvalue weighted by molar-refractivity contribution is -0.145. The largest absolute Gasteiger partial charge is 0.465 e. The first-order valence-corrected chi connectivity index (χ1v) is 6.56. The summed E-state index contributed by atoms with van der Waals surface area (Å²) in [4.78, 5) is 15.3. The minimum atomic E-state index is -0.268. The van der Waals surface area contributed by atoms with E-state index in [1.807, 2.05) is 56.4 Å². The van der Waals surface area contributed by atoms with Gasteiger partial charge in [0, 0.05) is 11.9 Å². The number of aryl methyl sites for hydroxylation is 1. The predicted octanol–water partition coefficient (Wildman–Crippen LogP) is 3.21. The smallest absolute Gasteiger partial charge is 0.315 e. The van der Waals surface area contributed by atoms with Crippen molar-refractivity contribution in [2.45, 2.75) is 26.2 Å². The monoisotopic (exact) mass is 257 g/mol. The number of carbonyl (C=O) groups excluding carboxylic acids is 1. The number of hydrogen-bond donors (Lipinski definition) is 1. The number of rotatable bonds is 5. The average Bonchev–Trinajstić information content (AvgIpc) is 2.84. The van der Waals surface area contributed by atoms with E-state index in [-0.39, 0.29) is 11.9 Å². The highest BCUT2D eigenvalue weighted by atomic mass is 16.5. The summed E-state index contributed by atoms with van der Waals surface area (Å²) in [6.45, 7) is 4.24. The zero-order valence-corrected chi connectivity index (χ0v) is 11.3. The van der Waals surface area contributed by atoms with E-state index in [1.54, 1.807) is 0 Å². The lowest BCUT2D eigenvalue weighted by atomic mass is 9.96. The number of aromatic nitrogens is 1. The van der Waals surface area contributed by atoms with Crippen molar-refractivity contribution in [2.24, 2.45) is 0 Å². The quantitative estimate of drug-likeness (QED) is 0.836. The van der Waals surface area contributed by atoms with E-state index in [4.69, 9.17) is 4.74 Å². The van der Waals surface area contributed by atoms with Crippen LogP contribution in [0.1, 0.15) is 29.7 Å². The van der Waals surface area contributed by atoms with Crippen LogP contribution in [0.15, 0.2) is 42.6 Å². The molecule has 0 aliphatic rings. The van der Waals surface area contributed by atoms with Crippen molar-refractivity contribution in [3.8, 4) is 0 Å². The second-order valence-corrected chi connectivity index (χ2v) is 4.63. The van der Waals surface area contributed by atoms with Gasteiger partial charge in [-0.05, 0) is 37.5 Å². The Labute approximate surface area is 113 Å². The zero-order valence-electron chi connectivity index (χ0n) is 11.3. The third kappa shape index (κ3) is 3.47. The Hall–Kier alpha value is -2.03. The molecule has 1 heterocycles. The Morgan fingerprint density at radius 2 is 2.05 bits per heavy atom. The van der Waals surface area contributed by atoms with Crippen LogP contribution in [0.3, 0.4) is 0 Å². The molecule has 1 aromatic heterocycles. The molecule has 3 nitrogen and oxygen atoms in total. The van der Waals surface area contributed by atoms with Gasteiger partial charge in [-0.1, -0.05) is 30.3 Å². The van der Waals surface area contributed by atoms with Crippen LogP contribution in [0.4, 0.5) is 0 Å². The molecule has 0 aliphatic heterocycles. The first-order valence-electron chi connectivity index (χ1n) is 6.56. The number of benzene rings is 1. The van der Waals surface area contributed by atoms with Crippen LogP contribution in [0.25, 0.3) is 0 Å². The lowest BCUT2D eigenvalue weighted by Gasteiger charge is -2.14. The molecular formula is C16H19NO2. The van der Waals surface area contributed by atoms with Crippen LogP contribution in [0, 0.1) is 6.92 Å². The SMILES string of the molecule is CCOC(=O)C(Cc1ccccc1)c1cc(C)c[nH]1. The van der Waals surface area contributed by atoms with Crippen molar-refractivity contribution < 1.29 is 9.53 Å². The highest BCUT2D eigenvalue weighted by molar-refractivity contribution is 5.78. The molecule has 2 aromatic rings. The molecule has 100 valence electrons. The number of esters is 1. The molecule has 0 aliphatic carbocycles. The van der Waals surface area contributed by atoms with Crippen LogP contribution < -0.4 is 0 Å². The van der Waals surface area contributed by atoms with Gasteiger partial charge in [-0.15, -0.1) is 0 Å². The molecule has 1 aromatic carbocycles. The summed E-state index contributed by atoms with van der Waals surface area (Å²) in [7, 11) is 0. The summed E-state index contributed by atoms with van der Waals surface area (Å²) in [6.07, 6.45) is 2.56. The number of nitrogens with one attached hydrogen (secondary N) is 1. The Bertz CT molecular complexity index is 531. The van der Waals surface area contributed by atoms with Crippen molar-refractivity contribution in [1.29, 1.82) is 0 Å². The molecule has 0 radical (unpaired) electrons. The number of carbonyl (C=O) groups is 1. The standard InChI is InChI=1S/C16H19NO2/c1-3-19-16(18)14(15-9-12(2)11-17-15)10-13-7-5-4-6-8-13/h4-9,11,14,17H,3,10H2,1-2H3. The highest BCUT2D eigenvalue weighted by Gasteiger charge is 2.23. The predicted molar refractivity (Wildman–Crippen MR) is 75.0 cm³/mol. The van der Waals surface area contributed by atoms with Crippen LogP contribution in [-0.4, -0.2) is 17.6 Å². The second kappa shape index (κ2) is 6.23. The Kier molecular flexibility index (Phi) is 4.39. The number of ether oxygens (including phenoxy) is 1. The van der Waals surface area contributed by atoms with E-state index in [0.717, 1.165) is 16.8 Å². The first kappa shape index (κ1) is 13.4. The van der Waals surface area contributed by atoms with Gasteiger partial charge in [0.25, 0.3) is 0 Å². The molecule has 0 saturated heterocycles. The van der Waals surface area contributed by atoms with Gasteiger partial charge in [0.05, 0.1) is 6.61 Å². The molecule has 0 amide bonds. The number of aromatic amines is 1. The molecule has 1 unspecified atom stereocenters. The minimum Gasteiger partial charge on any atom is -0.465 e. The van der Waals surface area contributed by atoms with E-state index in [2.05, 4.69) is 4.98 Å². The summed E-state index contributed by atoms with van der Waals surface area (Å²) >= 11 is 0. The summed E-state index contributed by atoms with van der Waals surface area (Å²) in [6, 6.07) is 12.0. The summed E-state index contributed by atoms with van der Waals surface area (Å²) in [5.41, 5.74) is 3.17. The van der Waals surface area contributed by atoms with Crippen LogP contribution in [0.2, 0.25) is 0 Å². The van der Waals surface area contributed by atoms with Crippen LogP contribution in [-0.2, 0) is 16.0 Å². The summed E-state index contributed by atoms with van der Waals surface area (Å²) in [5, 5.41) is 0. The van der Waals surface area contributed by atoms with Crippen molar-refractivity contribution in [3.05, 3.63) is 59.4 Å². The second-order valence-electron chi connectivity index (χ2n) is 4.63. The molecule has 19 heavy (non-hydrogen) atoms. The zero-order chi connectivity index (χ0) is 13.7. The van der Waals surface area contributed by atoms with E-state index >= 15 is 0 Å². The molecule has 0 saturated carbocycles. The number of H-pyrrole nitrogens is 1. The summed E-state index contributed by atoms with van der Waals surface area (Å²) in [5.74, 6) is -0.441. The first-order chi connectivity index (χ1) is 9.20. The maximum absolute atomic E-state index is 12.1. The van der Waals surface area contributed by atoms with Gasteiger partial charge in [-0.3, -0.25) is 4.79 Å². The van der Waals surface area contributed by atoms with Gasteiger partial charge in [-0.25, -0.2) is 0 Å². The van der Waals surface area contributed by atoms with Crippen LogP contribution in [0.5, 0.6) is 0 Å². The fourth-order valence-corrected chi connectivity index (χ4v) is 2.14. The Balaban J connectivity index is 2.22. The minimum absolute atomic E-state index is 0.173. The third-order valence-corrected chi connectivity index (χ3v) is 3.08. The normalized spacial score (nSPS) is 12.1. The van der Waals surface area contributed by atoms with Crippen molar-refractivity contribution in [1.82, 2.24) is 4.98 Å². The van der Waals surface area contributed by atoms with E-state index in [9.17, 15) is 4.79 Å². The van der Waals surface area contributed by atoms with E-state index in [1.165, 1.54) is 0 Å². The molecule has 3 heteroatoms. The van der Waals surface area contributed by atoms with E-state index < -0.39 is 0 Å². The molecule has 0 bridgehead atoms. The Morgan fingerprint density at radius 3 is 2.63 bits per heavy atom. The van der Waals surface area contributed by atoms with Crippen molar-refractivity contribution in [3.63, 3.8) is 0 Å². The highest BCUT2D eigenvalue weighted by Crippen LogP contribution is 2.22. The maximum atomic E-state index is 12.1. The van der Waals surface area contributed by atoms with Crippen molar-refractivity contribution in [2.75, 3.05) is 6.61 Å². The van der Waals surface area contributed by atoms with Gasteiger partial charge < -0.3 is 9.72 Å². The molecular weight excluding hydrogens is 238 g/mol. The molecule has 2 rings (SSSR count). The van der Waals surface area contributed by atoms with E-state index in [0.29, 0.717) is 13.0 Å². The van der Waals surface area contributed by atoms with Gasteiger partial charge in [0.1, 0.15) is 5.92 Å². The number of hydrogen-bond acceptors (Lipinski definition) is 2. The Morgan fingerprint density at radius 1 is 1.32 bits per heavy atom. The third-order valence-electron chi connectivity index (χ3n) is 3.08. The average molecular weight is 257 g/mol. The molecule has 1 atom stereocenters. The summed E-state index contributed by atoms with van der Waals surface area (Å²) < 4.78 is 5.18. The molecule has 0 spiro atoms. The lowest BCUT2D eigenvalue weighted by Crippen LogP contribution is -2.18. The molecule has 0 fully saturated rings. The topological polar surface area (TPSA) is 42.1 Å².